The van der Waals surface area contributed by atoms with Crippen molar-refractivity contribution >= 4 is 11.9 Å². The molecule has 2 fully saturated rings. The van der Waals surface area contributed by atoms with Crippen molar-refractivity contribution in [2.45, 2.75) is 38.1 Å². The molecule has 1 aromatic carbocycles. The number of hydrogen-bond acceptors (Lipinski definition) is 2. The van der Waals surface area contributed by atoms with E-state index in [0.717, 1.165) is 43.4 Å². The molecule has 0 spiro atoms. The van der Waals surface area contributed by atoms with Crippen LogP contribution in [-0.2, 0) is 11.2 Å². The summed E-state index contributed by atoms with van der Waals surface area (Å²) in [4.78, 5) is 28.5. The minimum atomic E-state index is -0.182. The predicted molar refractivity (Wildman–Crippen MR) is 91.5 cm³/mol. The third-order valence-corrected chi connectivity index (χ3v) is 5.53. The van der Waals surface area contributed by atoms with Crippen LogP contribution in [-0.4, -0.2) is 47.9 Å². The van der Waals surface area contributed by atoms with Gasteiger partial charge in [0, 0.05) is 32.1 Å². The monoisotopic (exact) mass is 345 g/mol. The van der Waals surface area contributed by atoms with E-state index < -0.39 is 0 Å². The van der Waals surface area contributed by atoms with E-state index >= 15 is 0 Å². The van der Waals surface area contributed by atoms with E-state index in [2.05, 4.69) is 5.32 Å². The van der Waals surface area contributed by atoms with E-state index in [1.165, 1.54) is 6.07 Å². The molecule has 25 heavy (non-hydrogen) atoms. The average Bonchev–Trinajstić information content (AvgIpc) is 3.41. The van der Waals surface area contributed by atoms with Crippen molar-refractivity contribution in [1.82, 2.24) is 15.1 Å². The molecule has 0 radical (unpaired) electrons. The van der Waals surface area contributed by atoms with Gasteiger partial charge < -0.3 is 15.1 Å². The SMILES string of the molecule is O=C(N[C@H]1CCc2c(F)cccc21)N1CCCN(C(=O)C2CC2)CC1. The van der Waals surface area contributed by atoms with Crippen LogP contribution in [0.3, 0.4) is 0 Å². The van der Waals surface area contributed by atoms with Gasteiger partial charge in [-0.15, -0.1) is 0 Å². The molecule has 0 bridgehead atoms. The first-order valence-corrected chi connectivity index (χ1v) is 9.25. The Morgan fingerprint density at radius 2 is 1.80 bits per heavy atom. The van der Waals surface area contributed by atoms with Crippen LogP contribution in [0.2, 0.25) is 0 Å². The lowest BCUT2D eigenvalue weighted by atomic mass is 10.1. The molecule has 1 aromatic rings. The lowest BCUT2D eigenvalue weighted by Gasteiger charge is -2.24. The van der Waals surface area contributed by atoms with Crippen molar-refractivity contribution in [3.63, 3.8) is 0 Å². The number of benzene rings is 1. The van der Waals surface area contributed by atoms with E-state index in [9.17, 15) is 14.0 Å². The summed E-state index contributed by atoms with van der Waals surface area (Å²) in [7, 11) is 0. The zero-order chi connectivity index (χ0) is 17.4. The van der Waals surface area contributed by atoms with Gasteiger partial charge in [-0.05, 0) is 49.3 Å². The molecule has 3 aliphatic rings. The maximum atomic E-state index is 13.8. The van der Waals surface area contributed by atoms with Crippen molar-refractivity contribution in [3.05, 3.63) is 35.1 Å². The number of nitrogens with one attached hydrogen (secondary N) is 1. The smallest absolute Gasteiger partial charge is 0.317 e. The predicted octanol–water partition coefficient (Wildman–Crippen LogP) is 2.47. The lowest BCUT2D eigenvalue weighted by molar-refractivity contribution is -0.132. The van der Waals surface area contributed by atoms with E-state index in [4.69, 9.17) is 0 Å². The van der Waals surface area contributed by atoms with Crippen LogP contribution in [0.1, 0.15) is 42.9 Å². The van der Waals surface area contributed by atoms with E-state index in [1.807, 2.05) is 11.0 Å². The summed E-state index contributed by atoms with van der Waals surface area (Å²) in [6.45, 7) is 2.56. The molecule has 1 atom stereocenters. The van der Waals surface area contributed by atoms with Crippen LogP contribution in [0, 0.1) is 11.7 Å². The van der Waals surface area contributed by atoms with Crippen molar-refractivity contribution in [2.75, 3.05) is 26.2 Å². The molecule has 4 rings (SSSR count). The first-order valence-electron chi connectivity index (χ1n) is 9.25. The average molecular weight is 345 g/mol. The molecule has 1 N–H and O–H groups in total. The van der Waals surface area contributed by atoms with Crippen LogP contribution in [0.15, 0.2) is 18.2 Å². The van der Waals surface area contributed by atoms with Crippen molar-refractivity contribution in [1.29, 1.82) is 0 Å². The Morgan fingerprint density at radius 3 is 2.60 bits per heavy atom. The maximum absolute atomic E-state index is 13.8. The lowest BCUT2D eigenvalue weighted by Crippen LogP contribution is -2.43. The first-order chi connectivity index (χ1) is 12.1. The molecule has 134 valence electrons. The Hall–Kier alpha value is -2.11. The van der Waals surface area contributed by atoms with Crippen LogP contribution >= 0.6 is 0 Å². The van der Waals surface area contributed by atoms with Crippen molar-refractivity contribution < 1.29 is 14.0 Å². The van der Waals surface area contributed by atoms with E-state index in [0.29, 0.717) is 26.1 Å². The van der Waals surface area contributed by atoms with Gasteiger partial charge in [0.05, 0.1) is 6.04 Å². The number of hydrogen-bond donors (Lipinski definition) is 1. The number of carbonyl (C=O) groups excluding carboxylic acids is 2. The number of urea groups is 1. The Morgan fingerprint density at radius 1 is 1.04 bits per heavy atom. The maximum Gasteiger partial charge on any atom is 0.317 e. The largest absolute Gasteiger partial charge is 0.341 e. The Labute approximate surface area is 147 Å². The molecule has 6 heteroatoms. The summed E-state index contributed by atoms with van der Waals surface area (Å²) in [5.41, 5.74) is 1.62. The fourth-order valence-corrected chi connectivity index (χ4v) is 3.93. The summed E-state index contributed by atoms with van der Waals surface area (Å²) in [6, 6.07) is 4.85. The topological polar surface area (TPSA) is 52.7 Å². The number of nitrogens with zero attached hydrogens (tertiary/aromatic N) is 2. The number of amides is 3. The van der Waals surface area contributed by atoms with Gasteiger partial charge in [-0.3, -0.25) is 4.79 Å². The fourth-order valence-electron chi connectivity index (χ4n) is 3.93. The standard InChI is InChI=1S/C19H24FN3O2/c20-16-4-1-3-15-14(16)7-8-17(15)21-19(25)23-10-2-9-22(11-12-23)18(24)13-5-6-13/h1,3-4,13,17H,2,5-12H2,(H,21,25)/t17-/m0/s1. The van der Waals surface area contributed by atoms with Crippen LogP contribution in [0.25, 0.3) is 0 Å². The third-order valence-electron chi connectivity index (χ3n) is 5.53. The normalized spacial score (nSPS) is 23.2. The molecular formula is C19H24FN3O2. The number of fused-ring (bicyclic) bond motifs is 1. The summed E-state index contributed by atoms with van der Waals surface area (Å²) >= 11 is 0. The fraction of sp³-hybridized carbons (Fsp3) is 0.579. The van der Waals surface area contributed by atoms with Gasteiger partial charge in [-0.2, -0.15) is 0 Å². The van der Waals surface area contributed by atoms with Gasteiger partial charge in [0.1, 0.15) is 5.82 Å². The second kappa shape index (κ2) is 6.65. The third kappa shape index (κ3) is 3.34. The number of halogens is 1. The van der Waals surface area contributed by atoms with E-state index in [-0.39, 0.29) is 29.7 Å². The highest BCUT2D eigenvalue weighted by Gasteiger charge is 2.34. The number of carbonyl (C=O) groups is 2. The molecule has 1 aliphatic heterocycles. The summed E-state index contributed by atoms with van der Waals surface area (Å²) < 4.78 is 13.8. The summed E-state index contributed by atoms with van der Waals surface area (Å²) in [5.74, 6) is 0.297. The van der Waals surface area contributed by atoms with Crippen molar-refractivity contribution in [3.8, 4) is 0 Å². The second-order valence-electron chi connectivity index (χ2n) is 7.29. The second-order valence-corrected chi connectivity index (χ2v) is 7.29. The Kier molecular flexibility index (Phi) is 4.36. The number of rotatable bonds is 2. The summed E-state index contributed by atoms with van der Waals surface area (Å²) in [6.07, 6.45) is 4.23. The summed E-state index contributed by atoms with van der Waals surface area (Å²) in [5, 5.41) is 3.06. The minimum absolute atomic E-state index is 0.108. The van der Waals surface area contributed by atoms with Crippen LogP contribution in [0.4, 0.5) is 9.18 Å². The van der Waals surface area contributed by atoms with Gasteiger partial charge in [-0.25, -0.2) is 9.18 Å². The molecule has 0 aromatic heterocycles. The van der Waals surface area contributed by atoms with Crippen LogP contribution < -0.4 is 5.32 Å². The van der Waals surface area contributed by atoms with Gasteiger partial charge in [0.25, 0.3) is 0 Å². The molecule has 1 heterocycles. The highest BCUT2D eigenvalue weighted by molar-refractivity contribution is 5.81. The van der Waals surface area contributed by atoms with Gasteiger partial charge in [0.15, 0.2) is 0 Å². The molecule has 1 saturated carbocycles. The quantitative estimate of drug-likeness (QED) is 0.895. The molecule has 1 saturated heterocycles. The van der Waals surface area contributed by atoms with Gasteiger partial charge >= 0.3 is 6.03 Å². The molecular weight excluding hydrogens is 321 g/mol. The minimum Gasteiger partial charge on any atom is -0.341 e. The Bertz CT molecular complexity index is 689. The molecule has 3 amide bonds. The molecule has 2 aliphatic carbocycles. The highest BCUT2D eigenvalue weighted by Crippen LogP contribution is 2.33. The van der Waals surface area contributed by atoms with Crippen molar-refractivity contribution in [2.24, 2.45) is 5.92 Å². The molecule has 0 unspecified atom stereocenters. The van der Waals surface area contributed by atoms with E-state index in [1.54, 1.807) is 11.0 Å². The molecule has 5 nitrogen and oxygen atoms in total. The Balaban J connectivity index is 1.36. The van der Waals surface area contributed by atoms with Gasteiger partial charge in [0.2, 0.25) is 5.91 Å². The highest BCUT2D eigenvalue weighted by atomic mass is 19.1. The zero-order valence-corrected chi connectivity index (χ0v) is 14.3. The zero-order valence-electron chi connectivity index (χ0n) is 14.3. The van der Waals surface area contributed by atoms with Crippen LogP contribution in [0.5, 0.6) is 0 Å². The van der Waals surface area contributed by atoms with Gasteiger partial charge in [-0.1, -0.05) is 12.1 Å². The first kappa shape index (κ1) is 16.4.